The van der Waals surface area contributed by atoms with Gasteiger partial charge in [0.2, 0.25) is 10.0 Å². The number of aryl methyl sites for hydroxylation is 1. The Balaban J connectivity index is 1.60. The molecule has 0 aliphatic carbocycles. The molecule has 1 aliphatic rings. The average molecular weight is 365 g/mol. The van der Waals surface area contributed by atoms with Gasteiger partial charge in [0, 0.05) is 18.7 Å². The molecule has 1 fully saturated rings. The molecule has 2 atom stereocenters. The van der Waals surface area contributed by atoms with Gasteiger partial charge in [-0.15, -0.1) is 0 Å². The summed E-state index contributed by atoms with van der Waals surface area (Å²) in [5.41, 5.74) is 2.06. The largest absolute Gasteiger partial charge is 0.493 e. The predicted molar refractivity (Wildman–Crippen MR) is 94.5 cm³/mol. The molecule has 1 aromatic heterocycles. The lowest BCUT2D eigenvalue weighted by molar-refractivity contribution is 0.0275. The van der Waals surface area contributed by atoms with Gasteiger partial charge in [-0.3, -0.25) is 0 Å². The standard InChI is InChI=1S/C17H23N3O4S/c1-13-9-18-20(10-13)15-3-5-16(6-4-15)24-11-14-7-8-23-12-17(14)19-25(2,21)22/h3-6,9-10,14,17,19H,7-8,11-12H2,1-2H3/t14-,17+/m1/s1. The van der Waals surface area contributed by atoms with Gasteiger partial charge in [0.05, 0.1) is 37.4 Å². The molecule has 0 amide bonds. The third-order valence-electron chi connectivity index (χ3n) is 4.14. The number of hydrogen-bond donors (Lipinski definition) is 1. The maximum Gasteiger partial charge on any atom is 0.209 e. The number of nitrogens with zero attached hydrogens (tertiary/aromatic N) is 2. The molecule has 1 saturated heterocycles. The summed E-state index contributed by atoms with van der Waals surface area (Å²) in [7, 11) is -3.27. The Morgan fingerprint density at radius 1 is 1.36 bits per heavy atom. The highest BCUT2D eigenvalue weighted by Gasteiger charge is 2.28. The van der Waals surface area contributed by atoms with Crippen molar-refractivity contribution in [2.45, 2.75) is 19.4 Å². The van der Waals surface area contributed by atoms with Gasteiger partial charge in [0.1, 0.15) is 5.75 Å². The van der Waals surface area contributed by atoms with E-state index in [9.17, 15) is 8.42 Å². The number of ether oxygens (including phenoxy) is 2. The summed E-state index contributed by atoms with van der Waals surface area (Å²) in [4.78, 5) is 0. The van der Waals surface area contributed by atoms with Crippen molar-refractivity contribution in [1.82, 2.24) is 14.5 Å². The van der Waals surface area contributed by atoms with Gasteiger partial charge in [-0.25, -0.2) is 17.8 Å². The van der Waals surface area contributed by atoms with E-state index >= 15 is 0 Å². The van der Waals surface area contributed by atoms with E-state index in [1.807, 2.05) is 48.3 Å². The number of rotatable bonds is 6. The van der Waals surface area contributed by atoms with Crippen molar-refractivity contribution in [1.29, 1.82) is 0 Å². The zero-order chi connectivity index (χ0) is 17.9. The monoisotopic (exact) mass is 365 g/mol. The zero-order valence-corrected chi connectivity index (χ0v) is 15.2. The Hall–Kier alpha value is -1.90. The van der Waals surface area contributed by atoms with E-state index in [1.165, 1.54) is 0 Å². The normalized spacial score (nSPS) is 21.2. The summed E-state index contributed by atoms with van der Waals surface area (Å²) in [5, 5.41) is 4.28. The number of hydrogen-bond acceptors (Lipinski definition) is 5. The average Bonchev–Trinajstić information content (AvgIpc) is 3.00. The molecule has 136 valence electrons. The third kappa shape index (κ3) is 5.04. The Morgan fingerprint density at radius 3 is 2.76 bits per heavy atom. The Bertz CT molecular complexity index is 802. The molecule has 0 unspecified atom stereocenters. The highest BCUT2D eigenvalue weighted by atomic mass is 32.2. The molecule has 8 heteroatoms. The molecule has 0 spiro atoms. The molecule has 2 heterocycles. The lowest BCUT2D eigenvalue weighted by Crippen LogP contribution is -2.48. The topological polar surface area (TPSA) is 82.4 Å². The molecule has 0 saturated carbocycles. The van der Waals surface area contributed by atoms with Crippen LogP contribution < -0.4 is 9.46 Å². The van der Waals surface area contributed by atoms with E-state index < -0.39 is 10.0 Å². The fourth-order valence-electron chi connectivity index (χ4n) is 2.84. The molecular formula is C17H23N3O4S. The van der Waals surface area contributed by atoms with E-state index in [1.54, 1.807) is 0 Å². The van der Waals surface area contributed by atoms with Gasteiger partial charge in [-0.05, 0) is 43.2 Å². The van der Waals surface area contributed by atoms with Gasteiger partial charge in [0.15, 0.2) is 0 Å². The molecule has 0 bridgehead atoms. The SMILES string of the molecule is Cc1cnn(-c2ccc(OC[C@H]3CCOC[C@@H]3NS(C)(=O)=O)cc2)c1. The van der Waals surface area contributed by atoms with E-state index in [0.717, 1.165) is 29.7 Å². The summed E-state index contributed by atoms with van der Waals surface area (Å²) in [6, 6.07) is 7.42. The smallest absolute Gasteiger partial charge is 0.209 e. The van der Waals surface area contributed by atoms with Crippen LogP contribution >= 0.6 is 0 Å². The van der Waals surface area contributed by atoms with E-state index in [0.29, 0.717) is 19.8 Å². The molecule has 3 rings (SSSR count). The van der Waals surface area contributed by atoms with Crippen molar-refractivity contribution < 1.29 is 17.9 Å². The van der Waals surface area contributed by atoms with Crippen LogP contribution in [0, 0.1) is 12.8 Å². The molecule has 1 aliphatic heterocycles. The van der Waals surface area contributed by atoms with Crippen LogP contribution in [0.15, 0.2) is 36.7 Å². The summed E-state index contributed by atoms with van der Waals surface area (Å²) in [6.07, 6.45) is 5.69. The molecule has 7 nitrogen and oxygen atoms in total. The fraction of sp³-hybridized carbons (Fsp3) is 0.471. The highest BCUT2D eigenvalue weighted by Crippen LogP contribution is 2.20. The first-order chi connectivity index (χ1) is 11.9. The quantitative estimate of drug-likeness (QED) is 0.839. The van der Waals surface area contributed by atoms with Crippen molar-refractivity contribution >= 4 is 10.0 Å². The van der Waals surface area contributed by atoms with Crippen molar-refractivity contribution in [3.63, 3.8) is 0 Å². The minimum atomic E-state index is -3.27. The van der Waals surface area contributed by atoms with Crippen LogP contribution in [0.1, 0.15) is 12.0 Å². The first-order valence-corrected chi connectivity index (χ1v) is 10.1. The fourth-order valence-corrected chi connectivity index (χ4v) is 3.65. The molecule has 2 aromatic rings. The summed E-state index contributed by atoms with van der Waals surface area (Å²) in [5.74, 6) is 0.828. The highest BCUT2D eigenvalue weighted by molar-refractivity contribution is 7.88. The lowest BCUT2D eigenvalue weighted by Gasteiger charge is -2.31. The van der Waals surface area contributed by atoms with E-state index in [4.69, 9.17) is 9.47 Å². The third-order valence-corrected chi connectivity index (χ3v) is 4.87. The van der Waals surface area contributed by atoms with E-state index in [2.05, 4.69) is 9.82 Å². The van der Waals surface area contributed by atoms with Crippen LogP contribution in [0.3, 0.4) is 0 Å². The second-order valence-electron chi connectivity index (χ2n) is 6.39. The van der Waals surface area contributed by atoms with E-state index in [-0.39, 0.29) is 12.0 Å². The van der Waals surface area contributed by atoms with Crippen LogP contribution in [0.4, 0.5) is 0 Å². The lowest BCUT2D eigenvalue weighted by atomic mass is 9.97. The van der Waals surface area contributed by atoms with Gasteiger partial charge < -0.3 is 9.47 Å². The second-order valence-corrected chi connectivity index (χ2v) is 8.17. The van der Waals surface area contributed by atoms with Gasteiger partial charge >= 0.3 is 0 Å². The summed E-state index contributed by atoms with van der Waals surface area (Å²) >= 11 is 0. The molecular weight excluding hydrogens is 342 g/mol. The molecule has 1 aromatic carbocycles. The maximum absolute atomic E-state index is 11.5. The van der Waals surface area contributed by atoms with Crippen molar-refractivity contribution in [2.24, 2.45) is 5.92 Å². The van der Waals surface area contributed by atoms with Crippen LogP contribution in [-0.4, -0.2) is 50.3 Å². The van der Waals surface area contributed by atoms with Gasteiger partial charge in [-0.2, -0.15) is 5.10 Å². The maximum atomic E-state index is 11.5. The van der Waals surface area contributed by atoms with Crippen LogP contribution in [0.5, 0.6) is 5.75 Å². The Morgan fingerprint density at radius 2 is 2.12 bits per heavy atom. The Kier molecular flexibility index (Phi) is 5.41. The van der Waals surface area contributed by atoms with Crippen molar-refractivity contribution in [3.05, 3.63) is 42.2 Å². The van der Waals surface area contributed by atoms with Gasteiger partial charge in [0.25, 0.3) is 0 Å². The Labute approximate surface area is 148 Å². The molecule has 1 N–H and O–H groups in total. The summed E-state index contributed by atoms with van der Waals surface area (Å²) < 4.78 is 38.6. The first kappa shape index (κ1) is 17.9. The summed E-state index contributed by atoms with van der Waals surface area (Å²) in [6.45, 7) is 3.43. The minimum absolute atomic E-state index is 0.0805. The molecule has 0 radical (unpaired) electrons. The molecule has 25 heavy (non-hydrogen) atoms. The number of sulfonamides is 1. The number of nitrogens with one attached hydrogen (secondary N) is 1. The van der Waals surface area contributed by atoms with Gasteiger partial charge in [-0.1, -0.05) is 0 Å². The van der Waals surface area contributed by atoms with Crippen LogP contribution in [-0.2, 0) is 14.8 Å². The van der Waals surface area contributed by atoms with Crippen LogP contribution in [0.2, 0.25) is 0 Å². The zero-order valence-electron chi connectivity index (χ0n) is 14.4. The van der Waals surface area contributed by atoms with Crippen molar-refractivity contribution in [3.8, 4) is 11.4 Å². The van der Waals surface area contributed by atoms with Crippen molar-refractivity contribution in [2.75, 3.05) is 26.1 Å². The van der Waals surface area contributed by atoms with Crippen LogP contribution in [0.25, 0.3) is 5.69 Å². The minimum Gasteiger partial charge on any atom is -0.493 e. The first-order valence-electron chi connectivity index (χ1n) is 8.20. The second kappa shape index (κ2) is 7.55. The number of benzene rings is 1. The predicted octanol–water partition coefficient (Wildman–Crippen LogP) is 1.51. The number of aromatic nitrogens is 2.